The highest BCUT2D eigenvalue weighted by atomic mass is 19.1. The Morgan fingerprint density at radius 2 is 2.08 bits per heavy atom. The summed E-state index contributed by atoms with van der Waals surface area (Å²) in [7, 11) is 0. The molecular formula is C20H25FN2O2. The van der Waals surface area contributed by atoms with Gasteiger partial charge in [0.2, 0.25) is 0 Å². The lowest BCUT2D eigenvalue weighted by atomic mass is 9.87. The van der Waals surface area contributed by atoms with Gasteiger partial charge >= 0.3 is 6.09 Å². The van der Waals surface area contributed by atoms with E-state index in [-0.39, 0.29) is 11.9 Å². The minimum Gasteiger partial charge on any atom is -0.444 e. The molecule has 1 aliphatic heterocycles. The maximum atomic E-state index is 13.5. The van der Waals surface area contributed by atoms with Gasteiger partial charge in [0, 0.05) is 19.2 Å². The second-order valence-electron chi connectivity index (χ2n) is 7.42. The number of piperidine rings is 1. The van der Waals surface area contributed by atoms with Crippen molar-refractivity contribution in [1.82, 2.24) is 4.90 Å². The maximum Gasteiger partial charge on any atom is 0.410 e. The summed E-state index contributed by atoms with van der Waals surface area (Å²) in [5.41, 5.74) is 1.10. The molecule has 1 aliphatic rings. The van der Waals surface area contributed by atoms with Gasteiger partial charge in [-0.3, -0.25) is 0 Å². The Morgan fingerprint density at radius 3 is 2.64 bits per heavy atom. The SMILES string of the molecule is CC(C)(C)OC(=O)N1CCC(CC(=CC#N)c2cccc(F)c2)CC1. The number of halogens is 1. The number of carbonyl (C=O) groups excluding carboxylic acids is 1. The van der Waals surface area contributed by atoms with E-state index in [9.17, 15) is 9.18 Å². The fraction of sp³-hybridized carbons (Fsp3) is 0.500. The van der Waals surface area contributed by atoms with E-state index >= 15 is 0 Å². The molecule has 1 saturated heterocycles. The Kier molecular flexibility index (Phi) is 6.19. The molecule has 2 rings (SSSR count). The van der Waals surface area contributed by atoms with Crippen molar-refractivity contribution in [3.05, 3.63) is 41.7 Å². The van der Waals surface area contributed by atoms with Crippen LogP contribution in [0.25, 0.3) is 5.57 Å². The Balaban J connectivity index is 1.95. The number of hydrogen-bond donors (Lipinski definition) is 0. The number of rotatable bonds is 3. The van der Waals surface area contributed by atoms with Gasteiger partial charge in [-0.2, -0.15) is 5.26 Å². The van der Waals surface area contributed by atoms with E-state index < -0.39 is 5.60 Å². The molecule has 0 spiro atoms. The topological polar surface area (TPSA) is 53.3 Å². The normalized spacial score (nSPS) is 16.4. The number of amides is 1. The first-order chi connectivity index (χ1) is 11.8. The molecule has 1 aromatic carbocycles. The molecule has 0 N–H and O–H groups in total. The fourth-order valence-corrected chi connectivity index (χ4v) is 2.98. The van der Waals surface area contributed by atoms with Gasteiger partial charge in [0.1, 0.15) is 11.4 Å². The number of benzene rings is 1. The molecule has 0 atom stereocenters. The molecule has 4 nitrogen and oxygen atoms in total. The highest BCUT2D eigenvalue weighted by Gasteiger charge is 2.27. The largest absolute Gasteiger partial charge is 0.444 e. The van der Waals surface area contributed by atoms with E-state index in [2.05, 4.69) is 6.07 Å². The number of nitriles is 1. The molecular weight excluding hydrogens is 319 g/mol. The summed E-state index contributed by atoms with van der Waals surface area (Å²) >= 11 is 0. The smallest absolute Gasteiger partial charge is 0.410 e. The van der Waals surface area contributed by atoms with Gasteiger partial charge in [-0.25, -0.2) is 9.18 Å². The molecule has 0 aromatic heterocycles. The van der Waals surface area contributed by atoms with Crippen LogP contribution in [0.2, 0.25) is 0 Å². The molecule has 0 radical (unpaired) electrons. The summed E-state index contributed by atoms with van der Waals surface area (Å²) in [6, 6.07) is 8.39. The summed E-state index contributed by atoms with van der Waals surface area (Å²) in [6.45, 7) is 6.85. The highest BCUT2D eigenvalue weighted by molar-refractivity contribution is 5.69. The predicted molar refractivity (Wildman–Crippen MR) is 95.1 cm³/mol. The summed E-state index contributed by atoms with van der Waals surface area (Å²) < 4.78 is 18.9. The molecule has 1 heterocycles. The number of hydrogen-bond acceptors (Lipinski definition) is 3. The van der Waals surface area contributed by atoms with E-state index in [4.69, 9.17) is 10.00 Å². The molecule has 0 bridgehead atoms. The standard InChI is InChI=1S/C20H25FN2O2/c1-20(2,3)25-19(24)23-11-8-15(9-12-23)13-17(7-10-22)16-5-4-6-18(21)14-16/h4-7,14-15H,8-9,11-13H2,1-3H3. The van der Waals surface area contributed by atoms with Gasteiger partial charge in [0.15, 0.2) is 0 Å². The van der Waals surface area contributed by atoms with Crippen LogP contribution in [0.3, 0.4) is 0 Å². The van der Waals surface area contributed by atoms with Crippen molar-refractivity contribution in [2.75, 3.05) is 13.1 Å². The average Bonchev–Trinajstić information content (AvgIpc) is 2.53. The second kappa shape index (κ2) is 8.15. The number of likely N-dealkylation sites (tertiary alicyclic amines) is 1. The van der Waals surface area contributed by atoms with E-state index in [1.54, 1.807) is 11.0 Å². The van der Waals surface area contributed by atoms with Gasteiger partial charge < -0.3 is 9.64 Å². The van der Waals surface area contributed by atoms with Crippen molar-refractivity contribution in [2.24, 2.45) is 5.92 Å². The predicted octanol–water partition coefficient (Wildman–Crippen LogP) is 4.77. The zero-order valence-corrected chi connectivity index (χ0v) is 15.1. The van der Waals surface area contributed by atoms with Crippen molar-refractivity contribution in [1.29, 1.82) is 5.26 Å². The molecule has 1 amide bonds. The van der Waals surface area contributed by atoms with Crippen LogP contribution in [0.1, 0.15) is 45.6 Å². The zero-order chi connectivity index (χ0) is 18.4. The maximum absolute atomic E-state index is 13.5. The summed E-state index contributed by atoms with van der Waals surface area (Å²) in [4.78, 5) is 13.8. The van der Waals surface area contributed by atoms with Crippen LogP contribution in [-0.2, 0) is 4.74 Å². The molecule has 0 unspecified atom stereocenters. The van der Waals surface area contributed by atoms with Gasteiger partial charge in [-0.15, -0.1) is 0 Å². The molecule has 134 valence electrons. The molecule has 25 heavy (non-hydrogen) atoms. The van der Waals surface area contributed by atoms with Crippen molar-refractivity contribution in [3.8, 4) is 6.07 Å². The molecule has 1 aromatic rings. The third kappa shape index (κ3) is 5.90. The first-order valence-corrected chi connectivity index (χ1v) is 8.61. The van der Waals surface area contributed by atoms with Crippen LogP contribution in [0, 0.1) is 23.1 Å². The van der Waals surface area contributed by atoms with Crippen LogP contribution in [0.15, 0.2) is 30.3 Å². The van der Waals surface area contributed by atoms with Gasteiger partial charge in [-0.05, 0) is 69.2 Å². The van der Waals surface area contributed by atoms with Crippen molar-refractivity contribution < 1.29 is 13.9 Å². The molecule has 0 saturated carbocycles. The molecule has 0 aliphatic carbocycles. The fourth-order valence-electron chi connectivity index (χ4n) is 2.98. The van der Waals surface area contributed by atoms with E-state index in [0.29, 0.717) is 25.4 Å². The number of ether oxygens (including phenoxy) is 1. The Hall–Kier alpha value is -2.35. The lowest BCUT2D eigenvalue weighted by molar-refractivity contribution is 0.0186. The summed E-state index contributed by atoms with van der Waals surface area (Å²) in [6.07, 6.45) is 3.62. The molecule has 1 fully saturated rings. The highest BCUT2D eigenvalue weighted by Crippen LogP contribution is 2.30. The van der Waals surface area contributed by atoms with E-state index in [1.165, 1.54) is 18.2 Å². The van der Waals surface area contributed by atoms with E-state index in [0.717, 1.165) is 24.0 Å². The van der Waals surface area contributed by atoms with Gasteiger partial charge in [-0.1, -0.05) is 12.1 Å². The summed E-state index contributed by atoms with van der Waals surface area (Å²) in [5, 5.41) is 9.03. The minimum absolute atomic E-state index is 0.274. The van der Waals surface area contributed by atoms with Gasteiger partial charge in [0.25, 0.3) is 0 Å². The van der Waals surface area contributed by atoms with Gasteiger partial charge in [0.05, 0.1) is 6.07 Å². The first kappa shape index (κ1) is 19.0. The van der Waals surface area contributed by atoms with Crippen molar-refractivity contribution in [3.63, 3.8) is 0 Å². The lowest BCUT2D eigenvalue weighted by Crippen LogP contribution is -2.41. The average molecular weight is 344 g/mol. The first-order valence-electron chi connectivity index (χ1n) is 8.61. The van der Waals surface area contributed by atoms with Crippen molar-refractivity contribution in [2.45, 2.75) is 45.6 Å². The van der Waals surface area contributed by atoms with Crippen LogP contribution < -0.4 is 0 Å². The van der Waals surface area contributed by atoms with Crippen LogP contribution in [-0.4, -0.2) is 29.7 Å². The minimum atomic E-state index is -0.492. The third-order valence-corrected chi connectivity index (χ3v) is 4.21. The quantitative estimate of drug-likeness (QED) is 0.742. The third-order valence-electron chi connectivity index (χ3n) is 4.21. The number of nitrogens with zero attached hydrogens (tertiary/aromatic N) is 2. The lowest BCUT2D eigenvalue weighted by Gasteiger charge is -2.33. The zero-order valence-electron chi connectivity index (χ0n) is 15.1. The van der Waals surface area contributed by atoms with Crippen LogP contribution in [0.4, 0.5) is 9.18 Å². The van der Waals surface area contributed by atoms with E-state index in [1.807, 2.05) is 26.8 Å². The Bertz CT molecular complexity index is 678. The van der Waals surface area contributed by atoms with Crippen LogP contribution >= 0.6 is 0 Å². The second-order valence-corrected chi connectivity index (χ2v) is 7.42. The van der Waals surface area contributed by atoms with Crippen LogP contribution in [0.5, 0.6) is 0 Å². The number of allylic oxidation sites excluding steroid dienone is 2. The number of carbonyl (C=O) groups is 1. The Morgan fingerprint density at radius 1 is 1.40 bits per heavy atom. The molecule has 5 heteroatoms. The Labute approximate surface area is 148 Å². The van der Waals surface area contributed by atoms with Crippen molar-refractivity contribution >= 4 is 11.7 Å². The monoisotopic (exact) mass is 344 g/mol. The summed E-state index contributed by atoms with van der Waals surface area (Å²) in [5.74, 6) is 0.0580.